The summed E-state index contributed by atoms with van der Waals surface area (Å²) >= 11 is 0. The molecule has 0 atom stereocenters. The fourth-order valence-electron chi connectivity index (χ4n) is 1.72. The number of hydrogen-bond acceptors (Lipinski definition) is 5. The van der Waals surface area contributed by atoms with Crippen LogP contribution >= 0.6 is 12.4 Å². The van der Waals surface area contributed by atoms with Gasteiger partial charge in [-0.2, -0.15) is 0 Å². The number of nitrogens with two attached hydrogens (primary N) is 1. The summed E-state index contributed by atoms with van der Waals surface area (Å²) in [5.41, 5.74) is -0.0535. The molecule has 2 heterocycles. The largest absolute Gasteiger partial charge is 0.332 e. The number of fused-ring (bicyclic) bond motifs is 1. The molecule has 2 N–H and O–H groups in total. The molecule has 18 heavy (non-hydrogen) atoms. The Balaban J connectivity index is 0.00000162. The molecule has 0 saturated carbocycles. The Hall–Kier alpha value is -1.64. The maximum Gasteiger partial charge on any atom is 0.332 e. The van der Waals surface area contributed by atoms with Crippen molar-refractivity contribution in [2.75, 3.05) is 6.61 Å². The van der Waals surface area contributed by atoms with Gasteiger partial charge in [0.05, 0.1) is 12.9 Å². The third kappa shape index (κ3) is 2.05. The first-order valence-electron chi connectivity index (χ1n) is 5.00. The van der Waals surface area contributed by atoms with Gasteiger partial charge in [0.15, 0.2) is 11.2 Å². The molecule has 2 aromatic rings. The summed E-state index contributed by atoms with van der Waals surface area (Å²) in [6.07, 6.45) is 1.49. The van der Waals surface area contributed by atoms with Crippen LogP contribution < -0.4 is 17.1 Å². The third-order valence-electron chi connectivity index (χ3n) is 2.67. The van der Waals surface area contributed by atoms with Gasteiger partial charge in [-0.25, -0.2) is 15.7 Å². The summed E-state index contributed by atoms with van der Waals surface area (Å²) in [7, 11) is 3.00. The molecule has 0 saturated heterocycles. The summed E-state index contributed by atoms with van der Waals surface area (Å²) in [5, 5.41) is 0. The monoisotopic (exact) mass is 275 g/mol. The second-order valence-electron chi connectivity index (χ2n) is 3.69. The molecule has 0 aliphatic carbocycles. The van der Waals surface area contributed by atoms with Crippen LogP contribution in [0.15, 0.2) is 15.9 Å². The van der Waals surface area contributed by atoms with Crippen molar-refractivity contribution in [1.82, 2.24) is 18.7 Å². The molecule has 0 radical (unpaired) electrons. The summed E-state index contributed by atoms with van der Waals surface area (Å²) < 4.78 is 3.99. The van der Waals surface area contributed by atoms with E-state index in [1.807, 2.05) is 0 Å². The lowest BCUT2D eigenvalue weighted by molar-refractivity contribution is 0.130. The maximum absolute atomic E-state index is 12.0. The van der Waals surface area contributed by atoms with E-state index in [4.69, 9.17) is 5.90 Å². The van der Waals surface area contributed by atoms with Crippen molar-refractivity contribution < 1.29 is 4.84 Å². The molecular formula is C9H14ClN5O3. The predicted octanol–water partition coefficient (Wildman–Crippen LogP) is -1.25. The van der Waals surface area contributed by atoms with E-state index >= 15 is 0 Å². The van der Waals surface area contributed by atoms with Gasteiger partial charge in [0.1, 0.15) is 0 Å². The van der Waals surface area contributed by atoms with Crippen LogP contribution in [0.3, 0.4) is 0 Å². The van der Waals surface area contributed by atoms with E-state index in [2.05, 4.69) is 9.82 Å². The minimum Gasteiger partial charge on any atom is -0.322 e. The second-order valence-corrected chi connectivity index (χ2v) is 3.69. The lowest BCUT2D eigenvalue weighted by Crippen LogP contribution is -2.37. The third-order valence-corrected chi connectivity index (χ3v) is 2.67. The molecule has 9 heteroatoms. The van der Waals surface area contributed by atoms with Crippen molar-refractivity contribution in [2.24, 2.45) is 20.0 Å². The zero-order chi connectivity index (χ0) is 12.6. The molecule has 2 rings (SSSR count). The first kappa shape index (κ1) is 14.4. The fourth-order valence-corrected chi connectivity index (χ4v) is 1.72. The molecule has 0 aliphatic heterocycles. The van der Waals surface area contributed by atoms with Gasteiger partial charge >= 0.3 is 5.69 Å². The van der Waals surface area contributed by atoms with Gasteiger partial charge in [0.25, 0.3) is 5.56 Å². The fraction of sp³-hybridized carbons (Fsp3) is 0.444. The minimum absolute atomic E-state index is 0. The second kappa shape index (κ2) is 5.34. The van der Waals surface area contributed by atoms with E-state index < -0.39 is 5.69 Å². The SMILES string of the molecule is Cl.Cn1c(=O)c2c(ncn2CCON)n(C)c1=O. The van der Waals surface area contributed by atoms with E-state index in [0.29, 0.717) is 17.7 Å². The summed E-state index contributed by atoms with van der Waals surface area (Å²) in [6, 6.07) is 0. The Morgan fingerprint density at radius 3 is 2.61 bits per heavy atom. The Kier molecular flexibility index (Phi) is 4.28. The van der Waals surface area contributed by atoms with Gasteiger partial charge in [-0.15, -0.1) is 12.4 Å². The average Bonchev–Trinajstić information content (AvgIpc) is 2.75. The molecule has 0 spiro atoms. The first-order chi connectivity index (χ1) is 8.07. The van der Waals surface area contributed by atoms with Crippen LogP contribution in [0, 0.1) is 0 Å². The van der Waals surface area contributed by atoms with Crippen LogP contribution in [-0.4, -0.2) is 25.3 Å². The van der Waals surface area contributed by atoms with Gasteiger partial charge in [-0.1, -0.05) is 0 Å². The van der Waals surface area contributed by atoms with E-state index in [1.165, 1.54) is 17.9 Å². The highest BCUT2D eigenvalue weighted by Gasteiger charge is 2.13. The van der Waals surface area contributed by atoms with Gasteiger partial charge in [-0.05, 0) is 0 Å². The number of hydrogen-bond donors (Lipinski definition) is 1. The van der Waals surface area contributed by atoms with Gasteiger partial charge in [0.2, 0.25) is 0 Å². The van der Waals surface area contributed by atoms with E-state index in [1.54, 1.807) is 11.6 Å². The number of aromatic nitrogens is 4. The van der Waals surface area contributed by atoms with Crippen molar-refractivity contribution in [3.63, 3.8) is 0 Å². The first-order valence-corrected chi connectivity index (χ1v) is 5.00. The normalized spacial score (nSPS) is 10.6. The Morgan fingerprint density at radius 2 is 2.00 bits per heavy atom. The molecule has 100 valence electrons. The molecule has 2 aromatic heterocycles. The van der Waals surface area contributed by atoms with Crippen LogP contribution in [0.4, 0.5) is 0 Å². The van der Waals surface area contributed by atoms with Gasteiger partial charge in [-0.3, -0.25) is 13.9 Å². The van der Waals surface area contributed by atoms with Crippen LogP contribution in [0.5, 0.6) is 0 Å². The summed E-state index contributed by atoms with van der Waals surface area (Å²) in [6.45, 7) is 0.665. The molecular weight excluding hydrogens is 262 g/mol. The molecule has 0 aromatic carbocycles. The number of halogens is 1. The van der Waals surface area contributed by atoms with Crippen LogP contribution in [0.25, 0.3) is 11.2 Å². The lowest BCUT2D eigenvalue weighted by Gasteiger charge is -2.05. The van der Waals surface area contributed by atoms with E-state index in [9.17, 15) is 9.59 Å². The summed E-state index contributed by atoms with van der Waals surface area (Å²) in [4.78, 5) is 32.1. The number of nitrogens with zero attached hydrogens (tertiary/aromatic N) is 4. The number of aryl methyl sites for hydroxylation is 1. The Morgan fingerprint density at radius 1 is 1.33 bits per heavy atom. The Labute approximate surface area is 108 Å². The number of rotatable bonds is 3. The molecule has 0 bridgehead atoms. The van der Waals surface area contributed by atoms with Crippen LogP contribution in [0.2, 0.25) is 0 Å². The molecule has 0 amide bonds. The van der Waals surface area contributed by atoms with Gasteiger partial charge < -0.3 is 9.40 Å². The van der Waals surface area contributed by atoms with Gasteiger partial charge in [0, 0.05) is 20.6 Å². The topological polar surface area (TPSA) is 97.1 Å². The number of imidazole rings is 1. The smallest absolute Gasteiger partial charge is 0.322 e. The lowest BCUT2D eigenvalue weighted by atomic mass is 10.5. The van der Waals surface area contributed by atoms with E-state index in [-0.39, 0.29) is 24.6 Å². The molecule has 0 fully saturated rings. The quantitative estimate of drug-likeness (QED) is 0.706. The van der Waals surface area contributed by atoms with Crippen molar-refractivity contribution >= 4 is 23.6 Å². The highest BCUT2D eigenvalue weighted by atomic mass is 35.5. The molecule has 0 unspecified atom stereocenters. The molecule has 8 nitrogen and oxygen atoms in total. The van der Waals surface area contributed by atoms with Crippen LogP contribution in [-0.2, 0) is 25.5 Å². The van der Waals surface area contributed by atoms with E-state index in [0.717, 1.165) is 4.57 Å². The Bertz CT molecular complexity index is 671. The standard InChI is InChI=1S/C9H13N5O3.ClH/c1-12-7-6(8(15)13(2)9(12)16)14(5-11-7)3-4-17-10;/h5H,3-4,10H2,1-2H3;1H. The minimum atomic E-state index is -0.400. The average molecular weight is 276 g/mol. The zero-order valence-electron chi connectivity index (χ0n) is 9.99. The predicted molar refractivity (Wildman–Crippen MR) is 67.6 cm³/mol. The highest BCUT2D eigenvalue weighted by molar-refractivity contribution is 5.85. The van der Waals surface area contributed by atoms with Crippen molar-refractivity contribution in [2.45, 2.75) is 6.54 Å². The molecule has 0 aliphatic rings. The zero-order valence-corrected chi connectivity index (χ0v) is 10.8. The summed E-state index contributed by atoms with van der Waals surface area (Å²) in [5.74, 6) is 4.94. The van der Waals surface area contributed by atoms with Crippen molar-refractivity contribution in [1.29, 1.82) is 0 Å². The van der Waals surface area contributed by atoms with Crippen molar-refractivity contribution in [3.05, 3.63) is 27.2 Å². The highest BCUT2D eigenvalue weighted by Crippen LogP contribution is 2.04. The van der Waals surface area contributed by atoms with Crippen molar-refractivity contribution in [3.8, 4) is 0 Å². The maximum atomic E-state index is 12.0. The van der Waals surface area contributed by atoms with Crippen LogP contribution in [0.1, 0.15) is 0 Å².